The summed E-state index contributed by atoms with van der Waals surface area (Å²) in [6.07, 6.45) is 2.06. The number of amides is 4. The van der Waals surface area contributed by atoms with Crippen molar-refractivity contribution >= 4 is 75.8 Å². The van der Waals surface area contributed by atoms with E-state index in [-0.39, 0.29) is 53.6 Å². The highest BCUT2D eigenvalue weighted by atomic mass is 32.2. The Balaban J connectivity index is 1.54. The van der Waals surface area contributed by atoms with Gasteiger partial charge < -0.3 is 30.6 Å². The summed E-state index contributed by atoms with van der Waals surface area (Å²) in [7, 11) is 1.23. The molecule has 0 unspecified atom stereocenters. The van der Waals surface area contributed by atoms with Crippen molar-refractivity contribution in [2.75, 3.05) is 30.1 Å². The van der Waals surface area contributed by atoms with Crippen LogP contribution in [-0.2, 0) is 51.4 Å². The molecule has 0 spiro atoms. The second-order valence-electron chi connectivity index (χ2n) is 8.98. The first-order chi connectivity index (χ1) is 20.5. The summed E-state index contributed by atoms with van der Waals surface area (Å²) in [5.74, 6) is -2.91. The van der Waals surface area contributed by atoms with Gasteiger partial charge in [-0.25, -0.2) is 9.78 Å². The maximum Gasteiger partial charge on any atom is 0.352 e. The molecule has 4 amide bonds. The summed E-state index contributed by atoms with van der Waals surface area (Å²) in [6, 6.07) is 0.572. The molecule has 2 atom stereocenters. The average Bonchev–Trinajstić information content (AvgIpc) is 3.56. The number of ether oxygens (including phenoxy) is 1. The van der Waals surface area contributed by atoms with Gasteiger partial charge in [-0.2, -0.15) is 0 Å². The normalized spacial score (nSPS) is 17.9. The number of thiazole rings is 1. The van der Waals surface area contributed by atoms with Crippen LogP contribution < -0.4 is 20.6 Å². The number of carboxylic acid groups (broad SMARTS) is 1. The third-order valence-corrected chi connectivity index (χ3v) is 8.23. The van der Waals surface area contributed by atoms with Crippen molar-refractivity contribution in [1.29, 1.82) is 0 Å². The van der Waals surface area contributed by atoms with E-state index in [1.807, 2.05) is 0 Å². The van der Waals surface area contributed by atoms with Crippen LogP contribution in [0, 0.1) is 0 Å². The minimum Gasteiger partial charge on any atom is -0.477 e. The number of nitrogens with one attached hydrogen (secondary N) is 3. The first kappa shape index (κ1) is 31.2. The van der Waals surface area contributed by atoms with Crippen molar-refractivity contribution in [3.05, 3.63) is 34.6 Å². The number of fused-ring (bicyclic) bond motifs is 1. The lowest BCUT2D eigenvalue weighted by Crippen LogP contribution is -2.71. The van der Waals surface area contributed by atoms with Gasteiger partial charge in [0.1, 0.15) is 43.1 Å². The van der Waals surface area contributed by atoms with Crippen molar-refractivity contribution in [1.82, 2.24) is 19.9 Å². The lowest BCUT2D eigenvalue weighted by atomic mass is 10.0. The van der Waals surface area contributed by atoms with E-state index in [0.29, 0.717) is 17.8 Å². The lowest BCUT2D eigenvalue weighted by molar-refractivity contribution is -0.767. The van der Waals surface area contributed by atoms with Crippen molar-refractivity contribution in [2.45, 2.75) is 38.4 Å². The highest BCUT2D eigenvalue weighted by molar-refractivity contribution is 8.00. The highest BCUT2D eigenvalue weighted by Crippen LogP contribution is 2.40. The summed E-state index contributed by atoms with van der Waals surface area (Å²) < 4.78 is 8.30. The zero-order chi connectivity index (χ0) is 31.3. The summed E-state index contributed by atoms with van der Waals surface area (Å²) in [4.78, 5) is 82.3. The number of β-lactam (4-membered cyclic amide) rings is 1. The number of hydrogen-bond donors (Lipinski definition) is 4. The molecule has 2 aromatic rings. The van der Waals surface area contributed by atoms with Crippen LogP contribution in [0.5, 0.6) is 0 Å². The van der Waals surface area contributed by atoms with Gasteiger partial charge in [-0.15, -0.1) is 32.5 Å². The van der Waals surface area contributed by atoms with Crippen LogP contribution in [-0.4, -0.2) is 92.3 Å². The van der Waals surface area contributed by atoms with Crippen LogP contribution in [0.15, 0.2) is 34.1 Å². The van der Waals surface area contributed by atoms with E-state index in [9.17, 15) is 33.9 Å². The van der Waals surface area contributed by atoms with Gasteiger partial charge in [0.25, 0.3) is 11.8 Å². The van der Waals surface area contributed by atoms with Gasteiger partial charge in [0.2, 0.25) is 12.3 Å². The van der Waals surface area contributed by atoms with Crippen LogP contribution >= 0.6 is 23.1 Å². The summed E-state index contributed by atoms with van der Waals surface area (Å²) in [5.41, 5.74) is 0.0718. The molecule has 19 heteroatoms. The van der Waals surface area contributed by atoms with Gasteiger partial charge in [-0.3, -0.25) is 28.9 Å². The van der Waals surface area contributed by atoms with Gasteiger partial charge in [-0.05, 0) is 0 Å². The molecule has 0 bridgehead atoms. The lowest BCUT2D eigenvalue weighted by Gasteiger charge is -2.49. The molecule has 2 aromatic heterocycles. The predicted molar refractivity (Wildman–Crippen MR) is 151 cm³/mol. The minimum atomic E-state index is -1.32. The fourth-order valence-electron chi connectivity index (χ4n) is 4.42. The number of carboxylic acids is 1. The molecule has 0 radical (unpaired) electrons. The van der Waals surface area contributed by atoms with Gasteiger partial charge >= 0.3 is 11.9 Å². The van der Waals surface area contributed by atoms with Crippen LogP contribution in [0.1, 0.15) is 19.5 Å². The monoisotopic (exact) mass is 635 g/mol. The standard InChI is InChI=1S/C24H26N8O9S2/c1-12(34)26-16-4-5-30(31(16)6-7-41-13(2)35)8-14-9-42-22-18(21(37)32(22)19(14)23(38)39)28-20(36)17(29-40-3)15-10-43-24(27-15)25-11-33/h4-5,10-11,18,22H,6-9H2,1-3H3,(H3,25,27,28,33,36,38,39)/p+1/t18-,22-/m1/s1. The number of hydrogen-bond acceptors (Lipinski definition) is 12. The molecule has 17 nitrogen and oxygen atoms in total. The molecule has 1 saturated heterocycles. The second kappa shape index (κ2) is 13.5. The van der Waals surface area contributed by atoms with Crippen molar-refractivity contribution in [2.24, 2.45) is 5.16 Å². The molecule has 4 rings (SSSR count). The average molecular weight is 636 g/mol. The maximum atomic E-state index is 13.2. The topological polar surface area (TPSA) is 214 Å². The molecule has 0 aromatic carbocycles. The Morgan fingerprint density at radius 3 is 2.72 bits per heavy atom. The molecule has 4 N–H and O–H groups in total. The quantitative estimate of drug-likeness (QED) is 0.0529. The summed E-state index contributed by atoms with van der Waals surface area (Å²) in [6.45, 7) is 2.83. The summed E-state index contributed by atoms with van der Waals surface area (Å²) in [5, 5.41) is 22.4. The first-order valence-corrected chi connectivity index (χ1v) is 14.5. The van der Waals surface area contributed by atoms with Crippen LogP contribution in [0.3, 0.4) is 0 Å². The van der Waals surface area contributed by atoms with E-state index in [2.05, 4.69) is 26.1 Å². The second-order valence-corrected chi connectivity index (χ2v) is 10.9. The molecule has 0 saturated carbocycles. The van der Waals surface area contributed by atoms with Gasteiger partial charge in [0.15, 0.2) is 29.4 Å². The number of thioether (sulfide) groups is 1. The highest BCUT2D eigenvalue weighted by Gasteiger charge is 2.55. The predicted octanol–water partition coefficient (Wildman–Crippen LogP) is -0.889. The zero-order valence-corrected chi connectivity index (χ0v) is 24.7. The van der Waals surface area contributed by atoms with Crippen molar-refractivity contribution in [3.8, 4) is 0 Å². The molecule has 1 fully saturated rings. The Morgan fingerprint density at radius 2 is 2.07 bits per heavy atom. The molecular weight excluding hydrogens is 608 g/mol. The van der Waals surface area contributed by atoms with Crippen molar-refractivity contribution < 1.29 is 48.1 Å². The van der Waals surface area contributed by atoms with E-state index in [4.69, 9.17) is 9.57 Å². The van der Waals surface area contributed by atoms with Gasteiger partial charge in [0, 0.05) is 30.6 Å². The van der Waals surface area contributed by atoms with E-state index >= 15 is 0 Å². The van der Waals surface area contributed by atoms with E-state index in [0.717, 1.165) is 16.2 Å². The fourth-order valence-corrected chi connectivity index (χ4v) is 6.41. The number of aliphatic carboxylic acids is 1. The van der Waals surface area contributed by atoms with E-state index < -0.39 is 35.2 Å². The molecule has 4 heterocycles. The van der Waals surface area contributed by atoms with Crippen LogP contribution in [0.25, 0.3) is 0 Å². The number of oxime groups is 1. The number of rotatable bonds is 13. The van der Waals surface area contributed by atoms with Gasteiger partial charge in [0.05, 0.1) is 6.07 Å². The number of esters is 1. The fraction of sp³-hybridized carbons (Fsp3) is 0.375. The third-order valence-electron chi connectivity index (χ3n) is 6.12. The van der Waals surface area contributed by atoms with Crippen LogP contribution in [0.4, 0.5) is 10.9 Å². The Hall–Kier alpha value is -4.78. The summed E-state index contributed by atoms with van der Waals surface area (Å²) >= 11 is 2.32. The number of anilines is 2. The minimum absolute atomic E-state index is 0.00836. The van der Waals surface area contributed by atoms with Crippen molar-refractivity contribution in [3.63, 3.8) is 0 Å². The molecule has 2 aliphatic rings. The van der Waals surface area contributed by atoms with Crippen LogP contribution in [0.2, 0.25) is 0 Å². The largest absolute Gasteiger partial charge is 0.477 e. The Kier molecular flexibility index (Phi) is 9.76. The third kappa shape index (κ3) is 6.83. The number of nitrogens with zero attached hydrogens (tertiary/aromatic N) is 5. The molecule has 228 valence electrons. The first-order valence-electron chi connectivity index (χ1n) is 12.5. The Morgan fingerprint density at radius 1 is 1.30 bits per heavy atom. The number of carbonyl (C=O) groups excluding carboxylic acids is 5. The smallest absolute Gasteiger partial charge is 0.352 e. The molecule has 43 heavy (non-hydrogen) atoms. The van der Waals surface area contributed by atoms with E-state index in [1.54, 1.807) is 21.6 Å². The zero-order valence-electron chi connectivity index (χ0n) is 23.1. The SMILES string of the molecule is CON=C(C(=O)N[C@@H]1C(=O)N2C(C(=O)O)=C(C[n+]3ccc(NC(C)=O)n3CCOC(C)=O)CS[C@H]12)c1csc(NC=O)n1. The maximum absolute atomic E-state index is 13.2. The molecule has 2 aliphatic heterocycles. The Labute approximate surface area is 251 Å². The van der Waals surface area contributed by atoms with E-state index in [1.165, 1.54) is 38.1 Å². The number of carbonyl (C=O) groups is 6. The van der Waals surface area contributed by atoms with Gasteiger partial charge in [-0.1, -0.05) is 5.16 Å². The molecular formula is C24H27N8O9S2+. The molecule has 0 aliphatic carbocycles. The number of aromatic nitrogens is 3. The Bertz CT molecular complexity index is 1530.